The summed E-state index contributed by atoms with van der Waals surface area (Å²) >= 11 is 5.89. The van der Waals surface area contributed by atoms with Gasteiger partial charge in [0.25, 0.3) is 0 Å². The van der Waals surface area contributed by atoms with E-state index < -0.39 is 6.10 Å². The molecule has 2 rings (SSSR count). The van der Waals surface area contributed by atoms with Crippen molar-refractivity contribution in [1.82, 2.24) is 5.32 Å². The van der Waals surface area contributed by atoms with E-state index in [1.165, 1.54) is 5.56 Å². The maximum Gasteiger partial charge on any atom is 0.119 e. The molecule has 0 fully saturated rings. The van der Waals surface area contributed by atoms with Gasteiger partial charge in [-0.2, -0.15) is 0 Å². The molecule has 0 spiro atoms. The van der Waals surface area contributed by atoms with Crippen molar-refractivity contribution in [2.24, 2.45) is 0 Å². The Morgan fingerprint density at radius 1 is 1.08 bits per heavy atom. The zero-order valence-electron chi connectivity index (χ0n) is 14.7. The molecular formula is C20H27Cl2NO2. The molecule has 2 aromatic rings. The molecule has 2 atom stereocenters. The van der Waals surface area contributed by atoms with Crippen LogP contribution in [0.25, 0.3) is 0 Å². The average Bonchev–Trinajstić information content (AvgIpc) is 2.60. The van der Waals surface area contributed by atoms with Crippen LogP contribution in [-0.4, -0.2) is 24.4 Å². The first-order valence-electron chi connectivity index (χ1n) is 8.47. The molecule has 0 radical (unpaired) electrons. The molecule has 0 aromatic heterocycles. The minimum absolute atomic E-state index is 0. The summed E-state index contributed by atoms with van der Waals surface area (Å²) in [5.74, 6) is 0.791. The van der Waals surface area contributed by atoms with Crippen molar-refractivity contribution in [3.05, 3.63) is 64.7 Å². The van der Waals surface area contributed by atoms with Crippen LogP contribution in [0.5, 0.6) is 5.75 Å². The normalized spacial score (nSPS) is 13.0. The number of aliphatic hydroxyl groups is 1. The fourth-order valence-electron chi connectivity index (χ4n) is 2.47. The third kappa shape index (κ3) is 7.66. The number of halogens is 2. The van der Waals surface area contributed by atoms with Crippen LogP contribution in [0.3, 0.4) is 0 Å². The zero-order valence-corrected chi connectivity index (χ0v) is 16.3. The van der Waals surface area contributed by atoms with E-state index in [4.69, 9.17) is 16.3 Å². The first-order valence-corrected chi connectivity index (χ1v) is 8.85. The molecule has 138 valence electrons. The number of nitrogens with one attached hydrogen (secondary N) is 1. The van der Waals surface area contributed by atoms with Gasteiger partial charge in [-0.25, -0.2) is 0 Å². The molecule has 0 saturated heterocycles. The van der Waals surface area contributed by atoms with Crippen LogP contribution < -0.4 is 10.1 Å². The molecule has 2 unspecified atom stereocenters. The lowest BCUT2D eigenvalue weighted by molar-refractivity contribution is 0.104. The fourth-order valence-corrected chi connectivity index (χ4v) is 2.60. The number of ether oxygens (including phenoxy) is 1. The maximum absolute atomic E-state index is 10.1. The Balaban J connectivity index is 0.00000312. The number of benzene rings is 2. The van der Waals surface area contributed by atoms with Crippen molar-refractivity contribution in [2.75, 3.05) is 13.2 Å². The van der Waals surface area contributed by atoms with Crippen molar-refractivity contribution in [3.8, 4) is 5.75 Å². The van der Waals surface area contributed by atoms with Crippen molar-refractivity contribution < 1.29 is 9.84 Å². The average molecular weight is 384 g/mol. The summed E-state index contributed by atoms with van der Waals surface area (Å²) in [4.78, 5) is 0. The Labute approximate surface area is 161 Å². The zero-order chi connectivity index (χ0) is 17.4. The van der Waals surface area contributed by atoms with Crippen molar-refractivity contribution in [3.63, 3.8) is 0 Å². The molecule has 25 heavy (non-hydrogen) atoms. The Morgan fingerprint density at radius 2 is 1.72 bits per heavy atom. The van der Waals surface area contributed by atoms with Gasteiger partial charge in [0.2, 0.25) is 0 Å². The molecule has 3 nitrogen and oxygen atoms in total. The Hall–Kier alpha value is -1.26. The van der Waals surface area contributed by atoms with Crippen molar-refractivity contribution in [2.45, 2.75) is 38.8 Å². The van der Waals surface area contributed by atoms with E-state index in [9.17, 15) is 5.11 Å². The van der Waals surface area contributed by atoms with Crippen LogP contribution >= 0.6 is 24.0 Å². The van der Waals surface area contributed by atoms with Crippen LogP contribution in [0, 0.1) is 0 Å². The highest BCUT2D eigenvalue weighted by Crippen LogP contribution is 2.16. The number of rotatable bonds is 9. The maximum atomic E-state index is 10.1. The molecule has 5 heteroatoms. The van der Waals surface area contributed by atoms with E-state index in [1.807, 2.05) is 36.4 Å². The van der Waals surface area contributed by atoms with Gasteiger partial charge in [0.15, 0.2) is 0 Å². The van der Waals surface area contributed by atoms with Crippen LogP contribution in [0.15, 0.2) is 48.5 Å². The fraction of sp³-hybridized carbons (Fsp3) is 0.400. The molecule has 0 saturated carbocycles. The van der Waals surface area contributed by atoms with Gasteiger partial charge in [-0.3, -0.25) is 0 Å². The smallest absolute Gasteiger partial charge is 0.119 e. The lowest BCUT2D eigenvalue weighted by atomic mass is 10.1. The number of hydrogen-bond acceptors (Lipinski definition) is 3. The summed E-state index contributed by atoms with van der Waals surface area (Å²) in [6, 6.07) is 15.9. The standard InChI is InChI=1S/C20H26ClNO2.ClH/c1-3-4-16-5-11-20(12-6-16)24-14-19(23)13-22-15(2)17-7-9-18(21)10-8-17;/h5-12,15,19,22-23H,3-4,13-14H2,1-2H3;1H. The minimum Gasteiger partial charge on any atom is -0.491 e. The SMILES string of the molecule is CCCc1ccc(OCC(O)CNC(C)c2ccc(Cl)cc2)cc1.Cl. The summed E-state index contributed by atoms with van der Waals surface area (Å²) in [5, 5.41) is 14.1. The first-order chi connectivity index (χ1) is 11.6. The molecule has 0 aliphatic carbocycles. The highest BCUT2D eigenvalue weighted by molar-refractivity contribution is 6.30. The van der Waals surface area contributed by atoms with Gasteiger partial charge in [-0.1, -0.05) is 49.2 Å². The third-order valence-electron chi connectivity index (χ3n) is 3.93. The van der Waals surface area contributed by atoms with Crippen LogP contribution in [0.2, 0.25) is 5.02 Å². The minimum atomic E-state index is -0.560. The molecule has 0 aliphatic rings. The van der Waals surface area contributed by atoms with Gasteiger partial charge in [0.1, 0.15) is 18.5 Å². The highest BCUT2D eigenvalue weighted by Gasteiger charge is 2.09. The predicted octanol–water partition coefficient (Wildman–Crippen LogP) is 4.80. The van der Waals surface area contributed by atoms with Crippen LogP contribution in [-0.2, 0) is 6.42 Å². The number of aliphatic hydroxyl groups excluding tert-OH is 1. The summed E-state index contributed by atoms with van der Waals surface area (Å²) < 4.78 is 5.65. The molecule has 0 heterocycles. The summed E-state index contributed by atoms with van der Waals surface area (Å²) in [6.07, 6.45) is 1.65. The summed E-state index contributed by atoms with van der Waals surface area (Å²) in [6.45, 7) is 4.97. The Kier molecular flexibility index (Phi) is 9.91. The topological polar surface area (TPSA) is 41.5 Å². The number of hydrogen-bond donors (Lipinski definition) is 2. The molecule has 0 aliphatic heterocycles. The molecular weight excluding hydrogens is 357 g/mol. The van der Waals surface area contributed by atoms with E-state index in [0.29, 0.717) is 6.54 Å². The lowest BCUT2D eigenvalue weighted by Crippen LogP contribution is -2.33. The van der Waals surface area contributed by atoms with E-state index in [2.05, 4.69) is 31.3 Å². The van der Waals surface area contributed by atoms with Gasteiger partial charge >= 0.3 is 0 Å². The molecule has 0 amide bonds. The van der Waals surface area contributed by atoms with E-state index in [0.717, 1.165) is 29.2 Å². The second-order valence-electron chi connectivity index (χ2n) is 6.04. The Bertz CT molecular complexity index is 602. The summed E-state index contributed by atoms with van der Waals surface area (Å²) in [7, 11) is 0. The second kappa shape index (κ2) is 11.4. The predicted molar refractivity (Wildman–Crippen MR) is 107 cm³/mol. The molecule has 0 bridgehead atoms. The molecule has 2 N–H and O–H groups in total. The number of aryl methyl sites for hydroxylation is 1. The van der Waals surface area contributed by atoms with Crippen molar-refractivity contribution >= 4 is 24.0 Å². The quantitative estimate of drug-likeness (QED) is 0.652. The molecule has 2 aromatic carbocycles. The summed E-state index contributed by atoms with van der Waals surface area (Å²) in [5.41, 5.74) is 2.45. The van der Waals surface area contributed by atoms with Gasteiger partial charge in [-0.15, -0.1) is 12.4 Å². The third-order valence-corrected chi connectivity index (χ3v) is 4.19. The van der Waals surface area contributed by atoms with Crippen LogP contribution in [0.4, 0.5) is 0 Å². The Morgan fingerprint density at radius 3 is 2.32 bits per heavy atom. The van der Waals surface area contributed by atoms with E-state index >= 15 is 0 Å². The van der Waals surface area contributed by atoms with Gasteiger partial charge in [0.05, 0.1) is 0 Å². The van der Waals surface area contributed by atoms with Gasteiger partial charge in [0, 0.05) is 17.6 Å². The van der Waals surface area contributed by atoms with Gasteiger partial charge < -0.3 is 15.2 Å². The van der Waals surface area contributed by atoms with E-state index in [-0.39, 0.29) is 25.1 Å². The monoisotopic (exact) mass is 383 g/mol. The van der Waals surface area contributed by atoms with E-state index in [1.54, 1.807) is 0 Å². The first kappa shape index (κ1) is 21.8. The lowest BCUT2D eigenvalue weighted by Gasteiger charge is -2.18. The van der Waals surface area contributed by atoms with Gasteiger partial charge in [-0.05, 0) is 48.7 Å². The highest BCUT2D eigenvalue weighted by atomic mass is 35.5. The van der Waals surface area contributed by atoms with Crippen molar-refractivity contribution in [1.29, 1.82) is 0 Å². The largest absolute Gasteiger partial charge is 0.491 e. The van der Waals surface area contributed by atoms with Crippen LogP contribution in [0.1, 0.15) is 37.4 Å². The second-order valence-corrected chi connectivity index (χ2v) is 6.48.